The first-order valence-corrected chi connectivity index (χ1v) is 9.17. The second-order valence-electron chi connectivity index (χ2n) is 6.79. The van der Waals surface area contributed by atoms with Crippen molar-refractivity contribution in [3.05, 3.63) is 83.9 Å². The average molecular weight is 349 g/mol. The lowest BCUT2D eigenvalue weighted by Crippen LogP contribution is -2.24. The van der Waals surface area contributed by atoms with Crippen molar-refractivity contribution in [2.24, 2.45) is 0 Å². The van der Waals surface area contributed by atoms with Crippen molar-refractivity contribution in [2.45, 2.75) is 38.8 Å². The van der Waals surface area contributed by atoms with E-state index < -0.39 is 0 Å². The van der Waals surface area contributed by atoms with Gasteiger partial charge in [0.05, 0.1) is 18.0 Å². The third kappa shape index (κ3) is 4.59. The van der Waals surface area contributed by atoms with Crippen LogP contribution in [-0.4, -0.2) is 27.3 Å². The summed E-state index contributed by atoms with van der Waals surface area (Å²) in [5, 5.41) is 13.4. The second kappa shape index (κ2) is 8.79. The fraction of sp³-hybridized carbons (Fsp3) is 0.318. The predicted molar refractivity (Wildman–Crippen MR) is 105 cm³/mol. The number of nitrogens with one attached hydrogen (secondary N) is 1. The van der Waals surface area contributed by atoms with Crippen LogP contribution in [0.1, 0.15) is 36.3 Å². The van der Waals surface area contributed by atoms with E-state index in [1.807, 2.05) is 44.3 Å². The summed E-state index contributed by atoms with van der Waals surface area (Å²) in [6.07, 6.45) is 2.36. The Morgan fingerprint density at radius 3 is 2.35 bits per heavy atom. The van der Waals surface area contributed by atoms with Gasteiger partial charge in [-0.2, -0.15) is 0 Å². The van der Waals surface area contributed by atoms with Crippen LogP contribution in [0.4, 0.5) is 0 Å². The minimum absolute atomic E-state index is 0.283. The summed E-state index contributed by atoms with van der Waals surface area (Å²) in [4.78, 5) is 4.48. The summed E-state index contributed by atoms with van der Waals surface area (Å²) >= 11 is 0. The second-order valence-corrected chi connectivity index (χ2v) is 6.79. The topological polar surface area (TPSA) is 50.1 Å². The zero-order valence-corrected chi connectivity index (χ0v) is 15.5. The van der Waals surface area contributed by atoms with Gasteiger partial charge in [-0.15, -0.1) is 0 Å². The number of nitrogens with zero attached hydrogens (tertiary/aromatic N) is 2. The molecule has 136 valence electrons. The predicted octanol–water partition coefficient (Wildman–Crippen LogP) is 3.83. The number of aromatic nitrogens is 2. The van der Waals surface area contributed by atoms with E-state index in [0.29, 0.717) is 0 Å². The quantitative estimate of drug-likeness (QED) is 0.650. The summed E-state index contributed by atoms with van der Waals surface area (Å²) < 4.78 is 2.18. The minimum atomic E-state index is -0.320. The molecule has 0 spiro atoms. The van der Waals surface area contributed by atoms with Crippen molar-refractivity contribution in [1.82, 2.24) is 14.9 Å². The molecule has 0 saturated carbocycles. The van der Waals surface area contributed by atoms with Crippen LogP contribution in [-0.2, 0) is 6.54 Å². The van der Waals surface area contributed by atoms with Gasteiger partial charge >= 0.3 is 0 Å². The van der Waals surface area contributed by atoms with Gasteiger partial charge in [0.25, 0.3) is 0 Å². The van der Waals surface area contributed by atoms with Crippen molar-refractivity contribution >= 4 is 0 Å². The van der Waals surface area contributed by atoms with E-state index in [9.17, 15) is 5.11 Å². The van der Waals surface area contributed by atoms with Crippen LogP contribution >= 0.6 is 0 Å². The van der Waals surface area contributed by atoms with E-state index in [-0.39, 0.29) is 12.0 Å². The molecule has 0 saturated heterocycles. The van der Waals surface area contributed by atoms with Crippen LogP contribution in [0.3, 0.4) is 0 Å². The lowest BCUT2D eigenvalue weighted by Gasteiger charge is -2.20. The molecule has 0 fully saturated rings. The maximum atomic E-state index is 9.85. The molecule has 2 N–H and O–H groups in total. The fourth-order valence-electron chi connectivity index (χ4n) is 3.39. The zero-order chi connectivity index (χ0) is 18.4. The Balaban J connectivity index is 1.69. The molecule has 1 aromatic heterocycles. The van der Waals surface area contributed by atoms with Crippen molar-refractivity contribution in [3.8, 4) is 5.69 Å². The summed E-state index contributed by atoms with van der Waals surface area (Å²) in [6, 6.07) is 20.7. The molecule has 2 atom stereocenters. The summed E-state index contributed by atoms with van der Waals surface area (Å²) in [5.41, 5.74) is 3.52. The number of hydrogen-bond acceptors (Lipinski definition) is 3. The molecule has 3 aromatic rings. The first-order valence-electron chi connectivity index (χ1n) is 9.17. The highest BCUT2D eigenvalue weighted by atomic mass is 16.3. The van der Waals surface area contributed by atoms with E-state index in [4.69, 9.17) is 0 Å². The molecule has 0 aliphatic rings. The van der Waals surface area contributed by atoms with Gasteiger partial charge in [0.2, 0.25) is 0 Å². The maximum absolute atomic E-state index is 9.85. The third-order valence-corrected chi connectivity index (χ3v) is 4.62. The Morgan fingerprint density at radius 1 is 1.04 bits per heavy atom. The van der Waals surface area contributed by atoms with Crippen molar-refractivity contribution in [3.63, 3.8) is 0 Å². The number of rotatable bonds is 8. The van der Waals surface area contributed by atoms with E-state index >= 15 is 0 Å². The Labute approximate surface area is 155 Å². The van der Waals surface area contributed by atoms with Crippen molar-refractivity contribution in [1.29, 1.82) is 0 Å². The molecule has 2 unspecified atom stereocenters. The first-order chi connectivity index (χ1) is 12.6. The molecule has 4 heteroatoms. The standard InChI is InChI=1S/C22H27N3O/c1-17(26)13-20(19-9-5-3-6-10-19)14-23-15-22-16-24-18(2)25(22)21-11-7-4-8-12-21/h3-12,16-17,20,23,26H,13-15H2,1-2H3. The highest BCUT2D eigenvalue weighted by molar-refractivity contribution is 5.35. The molecular weight excluding hydrogens is 322 g/mol. The van der Waals surface area contributed by atoms with Gasteiger partial charge in [-0.25, -0.2) is 4.98 Å². The van der Waals surface area contributed by atoms with Crippen LogP contribution < -0.4 is 5.32 Å². The van der Waals surface area contributed by atoms with Crippen LogP contribution in [0.25, 0.3) is 5.69 Å². The number of aliphatic hydroxyl groups is 1. The highest BCUT2D eigenvalue weighted by Crippen LogP contribution is 2.21. The molecule has 0 amide bonds. The number of aryl methyl sites for hydroxylation is 1. The Kier molecular flexibility index (Phi) is 6.21. The molecule has 26 heavy (non-hydrogen) atoms. The molecule has 2 aromatic carbocycles. The molecule has 0 bridgehead atoms. The van der Waals surface area contributed by atoms with E-state index in [0.717, 1.165) is 36.7 Å². The number of imidazole rings is 1. The molecule has 0 aliphatic heterocycles. The van der Waals surface area contributed by atoms with Crippen LogP contribution in [0.15, 0.2) is 66.9 Å². The Hall–Kier alpha value is -2.43. The number of aliphatic hydroxyl groups excluding tert-OH is 1. The number of hydrogen-bond donors (Lipinski definition) is 2. The van der Waals surface area contributed by atoms with Gasteiger partial charge in [0.15, 0.2) is 0 Å². The largest absolute Gasteiger partial charge is 0.393 e. The molecule has 0 aliphatic carbocycles. The maximum Gasteiger partial charge on any atom is 0.110 e. The van der Waals surface area contributed by atoms with E-state index in [1.54, 1.807) is 0 Å². The zero-order valence-electron chi connectivity index (χ0n) is 15.5. The minimum Gasteiger partial charge on any atom is -0.393 e. The molecule has 4 nitrogen and oxygen atoms in total. The van der Waals surface area contributed by atoms with Gasteiger partial charge in [-0.1, -0.05) is 48.5 Å². The van der Waals surface area contributed by atoms with Gasteiger partial charge in [-0.05, 0) is 43.9 Å². The Morgan fingerprint density at radius 2 is 1.69 bits per heavy atom. The molecule has 1 heterocycles. The molecular formula is C22H27N3O. The van der Waals surface area contributed by atoms with Crippen molar-refractivity contribution in [2.75, 3.05) is 6.54 Å². The monoisotopic (exact) mass is 349 g/mol. The average Bonchev–Trinajstić information content (AvgIpc) is 3.02. The van der Waals surface area contributed by atoms with Crippen molar-refractivity contribution < 1.29 is 5.11 Å². The summed E-state index contributed by atoms with van der Waals surface area (Å²) in [6.45, 7) is 5.42. The smallest absolute Gasteiger partial charge is 0.110 e. The SMILES string of the molecule is Cc1ncc(CNCC(CC(C)O)c2ccccc2)n1-c1ccccc1. The van der Waals surface area contributed by atoms with Crippen LogP contribution in [0.2, 0.25) is 0 Å². The van der Waals surface area contributed by atoms with E-state index in [1.165, 1.54) is 5.56 Å². The van der Waals surface area contributed by atoms with Crippen LogP contribution in [0.5, 0.6) is 0 Å². The highest BCUT2D eigenvalue weighted by Gasteiger charge is 2.15. The number of para-hydroxylation sites is 1. The fourth-order valence-corrected chi connectivity index (χ4v) is 3.39. The Bertz CT molecular complexity index is 797. The van der Waals surface area contributed by atoms with E-state index in [2.05, 4.69) is 51.3 Å². The van der Waals surface area contributed by atoms with Gasteiger partial charge in [0.1, 0.15) is 5.82 Å². The van der Waals surface area contributed by atoms with Gasteiger partial charge in [0, 0.05) is 18.8 Å². The van der Waals surface area contributed by atoms with Gasteiger partial charge < -0.3 is 10.4 Å². The molecule has 0 radical (unpaired) electrons. The third-order valence-electron chi connectivity index (χ3n) is 4.62. The summed E-state index contributed by atoms with van der Waals surface area (Å²) in [7, 11) is 0. The normalized spacial score (nSPS) is 13.5. The number of benzene rings is 2. The van der Waals surface area contributed by atoms with Crippen LogP contribution in [0, 0.1) is 6.92 Å². The summed E-state index contributed by atoms with van der Waals surface area (Å²) in [5.74, 6) is 1.27. The molecule has 3 rings (SSSR count). The first kappa shape index (κ1) is 18.4. The lowest BCUT2D eigenvalue weighted by atomic mass is 9.93. The van der Waals surface area contributed by atoms with Gasteiger partial charge in [-0.3, -0.25) is 4.57 Å². The lowest BCUT2D eigenvalue weighted by molar-refractivity contribution is 0.173.